The van der Waals surface area contributed by atoms with Crippen LogP contribution >= 0.6 is 0 Å². The van der Waals surface area contributed by atoms with Crippen molar-refractivity contribution in [2.75, 3.05) is 6.61 Å². The molecule has 0 N–H and O–H groups in total. The average Bonchev–Trinajstić information content (AvgIpc) is 2.20. The monoisotopic (exact) mass is 228 g/mol. The van der Waals surface area contributed by atoms with Crippen molar-refractivity contribution in [3.63, 3.8) is 0 Å². The van der Waals surface area contributed by atoms with Crippen molar-refractivity contribution >= 4 is 9.04 Å². The van der Waals surface area contributed by atoms with Gasteiger partial charge in [-0.05, 0) is 32.4 Å². The predicted molar refractivity (Wildman–Crippen MR) is 72.0 cm³/mol. The molecule has 0 aromatic rings. The van der Waals surface area contributed by atoms with Crippen LogP contribution in [0.15, 0.2) is 12.7 Å². The van der Waals surface area contributed by atoms with Crippen LogP contribution in [0.25, 0.3) is 0 Å². The topological polar surface area (TPSA) is 9.23 Å². The Bertz CT molecular complexity index is 134. The molecule has 0 bridgehead atoms. The molecule has 1 nitrogen and oxygen atoms in total. The van der Waals surface area contributed by atoms with Gasteiger partial charge in [-0.3, -0.25) is 0 Å². The highest BCUT2D eigenvalue weighted by Gasteiger charge is 1.95. The van der Waals surface area contributed by atoms with Crippen LogP contribution in [0.1, 0.15) is 51.4 Å². The van der Waals surface area contributed by atoms with Crippen LogP contribution in [0.4, 0.5) is 0 Å². The molecule has 0 saturated heterocycles. The van der Waals surface area contributed by atoms with E-state index < -0.39 is 9.04 Å². The first-order chi connectivity index (χ1) is 7.27. The van der Waals surface area contributed by atoms with Gasteiger partial charge in [0.2, 0.25) is 0 Å². The number of allylic oxidation sites excluding steroid dienone is 1. The summed E-state index contributed by atoms with van der Waals surface area (Å²) in [4.78, 5) is 0. The van der Waals surface area contributed by atoms with Crippen LogP contribution in [0.2, 0.25) is 13.1 Å². The quantitative estimate of drug-likeness (QED) is 0.291. The van der Waals surface area contributed by atoms with E-state index >= 15 is 0 Å². The SMILES string of the molecule is C=CCCCCCCCCCO[SiH](C)C. The Hall–Kier alpha value is -0.0831. The summed E-state index contributed by atoms with van der Waals surface area (Å²) in [6.45, 7) is 9.20. The largest absolute Gasteiger partial charge is 0.421 e. The van der Waals surface area contributed by atoms with Crippen molar-refractivity contribution in [3.8, 4) is 0 Å². The second kappa shape index (κ2) is 12.0. The zero-order valence-electron chi connectivity index (χ0n) is 10.6. The third-order valence-electron chi connectivity index (χ3n) is 2.50. The molecule has 90 valence electrons. The normalized spacial score (nSPS) is 10.9. The van der Waals surface area contributed by atoms with Crippen LogP contribution in [-0.4, -0.2) is 15.6 Å². The van der Waals surface area contributed by atoms with Crippen molar-refractivity contribution in [1.82, 2.24) is 0 Å². The van der Waals surface area contributed by atoms with E-state index in [4.69, 9.17) is 4.43 Å². The molecule has 0 fully saturated rings. The van der Waals surface area contributed by atoms with Crippen LogP contribution in [0.3, 0.4) is 0 Å². The molecule has 0 heterocycles. The Morgan fingerprint density at radius 3 is 2.00 bits per heavy atom. The first kappa shape index (κ1) is 14.9. The smallest absolute Gasteiger partial charge is 0.170 e. The molecule has 0 aliphatic heterocycles. The molecule has 0 saturated carbocycles. The van der Waals surface area contributed by atoms with Gasteiger partial charge in [0.1, 0.15) is 0 Å². The van der Waals surface area contributed by atoms with Crippen molar-refractivity contribution in [1.29, 1.82) is 0 Å². The van der Waals surface area contributed by atoms with E-state index in [1.165, 1.54) is 51.4 Å². The van der Waals surface area contributed by atoms with Gasteiger partial charge in [0, 0.05) is 6.61 Å². The minimum atomic E-state index is -0.758. The molecule has 0 aliphatic carbocycles. The first-order valence-corrected chi connectivity index (χ1v) is 9.28. The number of unbranched alkanes of at least 4 members (excludes halogenated alkanes) is 7. The van der Waals surface area contributed by atoms with Gasteiger partial charge >= 0.3 is 0 Å². The van der Waals surface area contributed by atoms with E-state index in [-0.39, 0.29) is 0 Å². The highest BCUT2D eigenvalue weighted by atomic mass is 28.3. The molecule has 0 amide bonds. The first-order valence-electron chi connectivity index (χ1n) is 6.50. The molecule has 0 atom stereocenters. The molecule has 0 radical (unpaired) electrons. The lowest BCUT2D eigenvalue weighted by atomic mass is 10.1. The minimum absolute atomic E-state index is 0.758. The lowest BCUT2D eigenvalue weighted by Crippen LogP contribution is -2.08. The molecule has 0 aromatic carbocycles. The van der Waals surface area contributed by atoms with Gasteiger partial charge < -0.3 is 4.43 Å². The maximum atomic E-state index is 5.63. The molecular formula is C13H28OSi. The maximum Gasteiger partial charge on any atom is 0.170 e. The van der Waals surface area contributed by atoms with Gasteiger partial charge in [0.15, 0.2) is 9.04 Å². The van der Waals surface area contributed by atoms with Crippen molar-refractivity contribution in [3.05, 3.63) is 12.7 Å². The van der Waals surface area contributed by atoms with Crippen LogP contribution in [-0.2, 0) is 4.43 Å². The Labute approximate surface area is 97.6 Å². The number of hydrogen-bond acceptors (Lipinski definition) is 1. The molecule has 2 heteroatoms. The van der Waals surface area contributed by atoms with Gasteiger partial charge in [0.05, 0.1) is 0 Å². The molecule has 0 unspecified atom stereocenters. The van der Waals surface area contributed by atoms with E-state index in [1.807, 2.05) is 6.08 Å². The molecule has 0 aromatic heterocycles. The second-order valence-corrected chi connectivity index (χ2v) is 6.90. The van der Waals surface area contributed by atoms with Crippen molar-refractivity contribution < 1.29 is 4.43 Å². The predicted octanol–water partition coefficient (Wildman–Crippen LogP) is 4.29. The third-order valence-corrected chi connectivity index (χ3v) is 3.41. The highest BCUT2D eigenvalue weighted by molar-refractivity contribution is 6.48. The van der Waals surface area contributed by atoms with E-state index in [9.17, 15) is 0 Å². The molecule has 0 aliphatic rings. The van der Waals surface area contributed by atoms with Gasteiger partial charge in [-0.1, -0.05) is 38.2 Å². The lowest BCUT2D eigenvalue weighted by Gasteiger charge is -2.06. The van der Waals surface area contributed by atoms with E-state index in [1.54, 1.807) is 0 Å². The van der Waals surface area contributed by atoms with Gasteiger partial charge in [-0.2, -0.15) is 0 Å². The molecule has 15 heavy (non-hydrogen) atoms. The summed E-state index contributed by atoms with van der Waals surface area (Å²) < 4.78 is 5.63. The second-order valence-electron chi connectivity index (χ2n) is 4.47. The summed E-state index contributed by atoms with van der Waals surface area (Å²) in [6, 6.07) is 0. The standard InChI is InChI=1S/C13H28OSi/c1-4-5-6-7-8-9-10-11-12-13-14-15(2)3/h4,15H,1,5-13H2,2-3H3. The van der Waals surface area contributed by atoms with Crippen LogP contribution in [0.5, 0.6) is 0 Å². The zero-order valence-corrected chi connectivity index (χ0v) is 11.8. The average molecular weight is 228 g/mol. The summed E-state index contributed by atoms with van der Waals surface area (Å²) in [5.74, 6) is 0. The van der Waals surface area contributed by atoms with E-state index in [2.05, 4.69) is 19.7 Å². The zero-order chi connectivity index (χ0) is 11.4. The Morgan fingerprint density at radius 1 is 0.933 bits per heavy atom. The van der Waals surface area contributed by atoms with Crippen molar-refractivity contribution in [2.24, 2.45) is 0 Å². The summed E-state index contributed by atoms with van der Waals surface area (Å²) in [5.41, 5.74) is 0. The summed E-state index contributed by atoms with van der Waals surface area (Å²) in [7, 11) is -0.758. The fourth-order valence-corrected chi connectivity index (χ4v) is 2.23. The van der Waals surface area contributed by atoms with Gasteiger partial charge in [-0.25, -0.2) is 0 Å². The summed E-state index contributed by atoms with van der Waals surface area (Å²) in [5, 5.41) is 0. The fraction of sp³-hybridized carbons (Fsp3) is 0.846. The molecular weight excluding hydrogens is 200 g/mol. The fourth-order valence-electron chi connectivity index (χ4n) is 1.59. The van der Waals surface area contributed by atoms with Gasteiger partial charge in [0.25, 0.3) is 0 Å². The lowest BCUT2D eigenvalue weighted by molar-refractivity contribution is 0.311. The van der Waals surface area contributed by atoms with Crippen LogP contribution in [0, 0.1) is 0 Å². The minimum Gasteiger partial charge on any atom is -0.421 e. The van der Waals surface area contributed by atoms with Crippen LogP contribution < -0.4 is 0 Å². The third kappa shape index (κ3) is 13.9. The maximum absolute atomic E-state index is 5.63. The number of hydrogen-bond donors (Lipinski definition) is 0. The molecule has 0 rings (SSSR count). The Kier molecular flexibility index (Phi) is 11.9. The summed E-state index contributed by atoms with van der Waals surface area (Å²) in [6.07, 6.45) is 12.7. The van der Waals surface area contributed by atoms with E-state index in [0.29, 0.717) is 0 Å². The van der Waals surface area contributed by atoms with Crippen molar-refractivity contribution in [2.45, 2.75) is 64.5 Å². The Morgan fingerprint density at radius 2 is 1.47 bits per heavy atom. The van der Waals surface area contributed by atoms with Gasteiger partial charge in [-0.15, -0.1) is 6.58 Å². The summed E-state index contributed by atoms with van der Waals surface area (Å²) >= 11 is 0. The van der Waals surface area contributed by atoms with E-state index in [0.717, 1.165) is 6.61 Å². The Balaban J connectivity index is 2.89. The highest BCUT2D eigenvalue weighted by Crippen LogP contribution is 2.08. The number of rotatable bonds is 11. The molecule has 0 spiro atoms.